The summed E-state index contributed by atoms with van der Waals surface area (Å²) >= 11 is 0. The lowest BCUT2D eigenvalue weighted by molar-refractivity contribution is -0.122. The molecule has 3 atom stereocenters. The number of hydrogen-bond donors (Lipinski definition) is 0. The van der Waals surface area contributed by atoms with Crippen LogP contribution in [0.3, 0.4) is 0 Å². The van der Waals surface area contributed by atoms with Gasteiger partial charge in [0.1, 0.15) is 0 Å². The van der Waals surface area contributed by atoms with E-state index < -0.39 is 0 Å². The maximum absolute atomic E-state index is 11.6. The lowest BCUT2D eigenvalue weighted by Crippen LogP contribution is -2.31. The molecule has 0 spiro atoms. The molecule has 3 unspecified atom stereocenters. The molecular formula is C50H80O5. The van der Waals surface area contributed by atoms with Gasteiger partial charge in [0.25, 0.3) is 0 Å². The van der Waals surface area contributed by atoms with E-state index in [4.69, 9.17) is 0 Å². The quantitative estimate of drug-likeness (QED) is 0.285. The van der Waals surface area contributed by atoms with Crippen LogP contribution in [0.25, 0.3) is 0 Å². The second kappa shape index (κ2) is 21.5. The van der Waals surface area contributed by atoms with Gasteiger partial charge in [-0.25, -0.2) is 0 Å². The Morgan fingerprint density at radius 2 is 1.11 bits per heavy atom. The van der Waals surface area contributed by atoms with Crippen molar-refractivity contribution < 1.29 is 24.0 Å². The third-order valence-electron chi connectivity index (χ3n) is 12.3. The smallest absolute Gasteiger partial charge is 0.159 e. The molecule has 5 nitrogen and oxygen atoms in total. The van der Waals surface area contributed by atoms with Crippen molar-refractivity contribution in [2.75, 3.05) is 0 Å². The van der Waals surface area contributed by atoms with Crippen LogP contribution in [0, 0.1) is 39.4 Å². The van der Waals surface area contributed by atoms with Gasteiger partial charge >= 0.3 is 0 Å². The summed E-state index contributed by atoms with van der Waals surface area (Å²) in [6, 6.07) is 0. The molecule has 0 N–H and O–H groups in total. The van der Waals surface area contributed by atoms with E-state index in [9.17, 15) is 24.0 Å². The van der Waals surface area contributed by atoms with Crippen molar-refractivity contribution in [3.05, 3.63) is 58.2 Å². The molecule has 0 amide bonds. The first-order valence-electron chi connectivity index (χ1n) is 21.3. The first-order valence-corrected chi connectivity index (χ1v) is 21.3. The summed E-state index contributed by atoms with van der Waals surface area (Å²) in [6.07, 6.45) is 21.0. The number of rotatable bonds is 4. The first kappa shape index (κ1) is 50.1. The van der Waals surface area contributed by atoms with Crippen molar-refractivity contribution in [3.63, 3.8) is 0 Å². The zero-order chi connectivity index (χ0) is 42.5. The van der Waals surface area contributed by atoms with Gasteiger partial charge in [-0.15, -0.1) is 0 Å². The topological polar surface area (TPSA) is 85.3 Å². The lowest BCUT2D eigenvalue weighted by Gasteiger charge is -2.33. The van der Waals surface area contributed by atoms with Crippen LogP contribution >= 0.6 is 0 Å². The van der Waals surface area contributed by atoms with Crippen molar-refractivity contribution in [1.29, 1.82) is 0 Å². The summed E-state index contributed by atoms with van der Waals surface area (Å²) in [5.41, 5.74) is 6.45. The molecule has 0 saturated carbocycles. The highest BCUT2D eigenvalue weighted by molar-refractivity contribution is 5.98. The van der Waals surface area contributed by atoms with Gasteiger partial charge in [0, 0.05) is 31.1 Å². The van der Waals surface area contributed by atoms with Gasteiger partial charge in [-0.2, -0.15) is 0 Å². The maximum Gasteiger partial charge on any atom is 0.159 e. The predicted octanol–water partition coefficient (Wildman–Crippen LogP) is 13.3. The van der Waals surface area contributed by atoms with Crippen LogP contribution < -0.4 is 0 Å². The Balaban J connectivity index is 0.000000344. The minimum absolute atomic E-state index is 0.181. The molecular weight excluding hydrogens is 681 g/mol. The molecule has 0 aromatic carbocycles. The van der Waals surface area contributed by atoms with Gasteiger partial charge in [0.05, 0.1) is 0 Å². The van der Waals surface area contributed by atoms with E-state index in [-0.39, 0.29) is 33.5 Å². The van der Waals surface area contributed by atoms with Crippen LogP contribution in [0.1, 0.15) is 188 Å². The first-order chi connectivity index (χ1) is 25.3. The molecule has 0 aliphatic heterocycles. The van der Waals surface area contributed by atoms with Gasteiger partial charge in [-0.05, 0) is 129 Å². The van der Waals surface area contributed by atoms with Crippen molar-refractivity contribution in [2.24, 2.45) is 39.4 Å². The summed E-state index contributed by atoms with van der Waals surface area (Å²) in [7, 11) is 0. The Labute approximate surface area is 337 Å². The molecule has 0 saturated heterocycles. The highest BCUT2D eigenvalue weighted by Crippen LogP contribution is 2.39. The predicted molar refractivity (Wildman–Crippen MR) is 232 cm³/mol. The SMILES string of the molecule is CC1=C(C)C(=O)CC(C)(C)C1.CCC1=C(C)CC(C)(C)CC1=O.CCC1=CCC(C)(C)CC1=O.CCC1C(=O)C=CCC1(C)C.CCC1CC=CC(=O)C1C. The normalized spacial score (nSPS) is 26.3. The minimum atomic E-state index is 0.181. The van der Waals surface area contributed by atoms with Gasteiger partial charge in [-0.1, -0.05) is 126 Å². The van der Waals surface area contributed by atoms with E-state index >= 15 is 0 Å². The highest BCUT2D eigenvalue weighted by Gasteiger charge is 2.34. The third-order valence-corrected chi connectivity index (χ3v) is 12.3. The number of carbonyl (C=O) groups is 5. The van der Waals surface area contributed by atoms with Crippen LogP contribution in [0.4, 0.5) is 0 Å². The largest absolute Gasteiger partial charge is 0.295 e. The Hall–Kier alpha value is -2.95. The molecule has 0 aromatic rings. The molecule has 310 valence electrons. The zero-order valence-electron chi connectivity index (χ0n) is 38.1. The number of ketones is 5. The Kier molecular flexibility index (Phi) is 19.6. The molecule has 55 heavy (non-hydrogen) atoms. The molecule has 5 rings (SSSR count). The molecule has 5 heteroatoms. The molecule has 5 aliphatic carbocycles. The molecule has 5 aliphatic rings. The second-order valence-electron chi connectivity index (χ2n) is 19.9. The average molecular weight is 761 g/mol. The van der Waals surface area contributed by atoms with Crippen molar-refractivity contribution in [2.45, 2.75) is 188 Å². The molecule has 0 fully saturated rings. The van der Waals surface area contributed by atoms with E-state index in [2.05, 4.69) is 96.1 Å². The van der Waals surface area contributed by atoms with Crippen molar-refractivity contribution in [3.8, 4) is 0 Å². The van der Waals surface area contributed by atoms with Crippen LogP contribution in [-0.4, -0.2) is 28.9 Å². The Morgan fingerprint density at radius 3 is 1.53 bits per heavy atom. The maximum atomic E-state index is 11.6. The summed E-state index contributed by atoms with van der Waals surface area (Å²) in [6.45, 7) is 33.7. The second-order valence-corrected chi connectivity index (χ2v) is 19.9. The van der Waals surface area contributed by atoms with Gasteiger partial charge < -0.3 is 0 Å². The average Bonchev–Trinajstić information content (AvgIpc) is 3.04. The van der Waals surface area contributed by atoms with Gasteiger partial charge in [-0.3, -0.25) is 24.0 Å². The summed E-state index contributed by atoms with van der Waals surface area (Å²) < 4.78 is 0. The fourth-order valence-electron chi connectivity index (χ4n) is 8.70. The van der Waals surface area contributed by atoms with Crippen molar-refractivity contribution in [1.82, 2.24) is 0 Å². The monoisotopic (exact) mass is 761 g/mol. The Bertz CT molecular complexity index is 1530. The molecule has 0 bridgehead atoms. The molecule has 0 heterocycles. The highest BCUT2D eigenvalue weighted by atomic mass is 16.1. The Morgan fingerprint density at radius 1 is 0.582 bits per heavy atom. The fourth-order valence-corrected chi connectivity index (χ4v) is 8.70. The van der Waals surface area contributed by atoms with Crippen LogP contribution in [-0.2, 0) is 24.0 Å². The van der Waals surface area contributed by atoms with Gasteiger partial charge in [0.15, 0.2) is 28.9 Å². The molecule has 0 aromatic heterocycles. The van der Waals surface area contributed by atoms with E-state index in [1.807, 2.05) is 32.9 Å². The molecule has 0 radical (unpaired) electrons. The van der Waals surface area contributed by atoms with Crippen LogP contribution in [0.15, 0.2) is 58.2 Å². The minimum Gasteiger partial charge on any atom is -0.295 e. The van der Waals surface area contributed by atoms with Crippen molar-refractivity contribution >= 4 is 28.9 Å². The van der Waals surface area contributed by atoms with Crippen LogP contribution in [0.2, 0.25) is 0 Å². The number of carbonyl (C=O) groups excluding carboxylic acids is 5. The standard InChI is InChI=1S/C11H18O.3C10H16O.C9H14O/c1-5-9-8(2)6-11(3,4)7-10(9)12;1-7-5-10(3,4)6-9(11)8(7)2;1-4-8-5-6-10(2,3)7-9(8)11;1-4-8-9(11)6-5-7-10(8,2)3;1-3-8-5-4-6-9(10)7(8)2/h5-7H2,1-4H3;5-6H2,1-4H3;5H,4,6-7H2,1-3H3;5-6,8H,4,7H2,1-3H3;4,6-8H,3,5H2,1-2H3. The summed E-state index contributed by atoms with van der Waals surface area (Å²) in [4.78, 5) is 56.8. The number of allylic oxidation sites excluding steroid dienone is 10. The third kappa shape index (κ3) is 16.2. The van der Waals surface area contributed by atoms with E-state index in [0.717, 1.165) is 93.8 Å². The summed E-state index contributed by atoms with van der Waals surface area (Å²) in [5, 5.41) is 0. The lowest BCUT2D eigenvalue weighted by atomic mass is 9.70. The number of Topliss-reactive ketones (excluding diaryl/α,β-unsaturated/α-hetero) is 3. The number of hydrogen-bond acceptors (Lipinski definition) is 5. The van der Waals surface area contributed by atoms with E-state index in [0.29, 0.717) is 34.8 Å². The van der Waals surface area contributed by atoms with Gasteiger partial charge in [0.2, 0.25) is 0 Å². The zero-order valence-corrected chi connectivity index (χ0v) is 38.1. The van der Waals surface area contributed by atoms with Crippen LogP contribution in [0.5, 0.6) is 0 Å². The van der Waals surface area contributed by atoms with E-state index in [1.165, 1.54) is 11.1 Å². The van der Waals surface area contributed by atoms with E-state index in [1.54, 1.807) is 12.2 Å². The summed E-state index contributed by atoms with van der Waals surface area (Å²) in [5.74, 6) is 2.76. The fraction of sp³-hybridized carbons (Fsp3) is 0.700.